The van der Waals surface area contributed by atoms with Crippen LogP contribution in [0.25, 0.3) is 0 Å². The predicted octanol–water partition coefficient (Wildman–Crippen LogP) is 6.26. The van der Waals surface area contributed by atoms with Gasteiger partial charge in [0.05, 0.1) is 5.25 Å². The van der Waals surface area contributed by atoms with E-state index in [-0.39, 0.29) is 12.4 Å². The first-order chi connectivity index (χ1) is 18.9. The van der Waals surface area contributed by atoms with Crippen LogP contribution >= 0.6 is 0 Å². The van der Waals surface area contributed by atoms with Gasteiger partial charge in [-0.1, -0.05) is 107 Å². The molecule has 0 saturated heterocycles. The molecule has 1 N–H and O–H groups in total. The van der Waals surface area contributed by atoms with Crippen LogP contribution in [-0.2, 0) is 21.2 Å². The number of hydrogen-bond acceptors (Lipinski definition) is 7. The van der Waals surface area contributed by atoms with Crippen molar-refractivity contribution in [3.8, 4) is 5.88 Å². The van der Waals surface area contributed by atoms with Gasteiger partial charge in [-0.15, -0.1) is 0 Å². The van der Waals surface area contributed by atoms with Crippen molar-refractivity contribution in [2.24, 2.45) is 0 Å². The molecule has 1 aromatic carbocycles. The number of esters is 1. The van der Waals surface area contributed by atoms with Gasteiger partial charge in [0.25, 0.3) is 5.56 Å². The molecule has 2 aliphatic carbocycles. The number of carbonyl (C=O) groups excluding carboxylic acids is 1. The summed E-state index contributed by atoms with van der Waals surface area (Å²) >= 11 is 0. The molecule has 0 bridgehead atoms. The maximum absolute atomic E-state index is 14.1. The number of benzene rings is 1. The van der Waals surface area contributed by atoms with E-state index in [0.717, 1.165) is 82.6 Å². The van der Waals surface area contributed by atoms with Gasteiger partial charge >= 0.3 is 5.97 Å². The Bertz CT molecular complexity index is 1240. The van der Waals surface area contributed by atoms with E-state index in [2.05, 4.69) is 4.98 Å². The Kier molecular flexibility index (Phi) is 10.6. The molecule has 2 aromatic rings. The van der Waals surface area contributed by atoms with Crippen LogP contribution in [-0.4, -0.2) is 34.3 Å². The zero-order chi connectivity index (χ0) is 27.7. The Morgan fingerprint density at radius 2 is 1.36 bits per heavy atom. The lowest BCUT2D eigenvalue weighted by molar-refractivity contribution is 0.0443. The van der Waals surface area contributed by atoms with Gasteiger partial charge in [0.2, 0.25) is 11.7 Å². The quantitative estimate of drug-likeness (QED) is 0.416. The molecule has 39 heavy (non-hydrogen) atoms. The monoisotopic (exact) mass is 558 g/mol. The average Bonchev–Trinajstić information content (AvgIpc) is 3.16. The van der Waals surface area contributed by atoms with Gasteiger partial charge < -0.3 is 9.84 Å². The summed E-state index contributed by atoms with van der Waals surface area (Å²) in [4.78, 5) is 30.8. The van der Waals surface area contributed by atoms with Gasteiger partial charge in [-0.05, 0) is 31.2 Å². The number of hydrogen-bond donors (Lipinski definition) is 1. The molecule has 0 atom stereocenters. The number of ether oxygens (including phenoxy) is 1. The summed E-state index contributed by atoms with van der Waals surface area (Å²) < 4.78 is 34.5. The second kappa shape index (κ2) is 14.1. The molecule has 214 valence electrons. The molecule has 0 spiro atoms. The highest BCUT2D eigenvalue weighted by Gasteiger charge is 2.37. The second-order valence-electron chi connectivity index (χ2n) is 11.0. The molecule has 1 heterocycles. The summed E-state index contributed by atoms with van der Waals surface area (Å²) in [5, 5.41) is 10.2. The highest BCUT2D eigenvalue weighted by atomic mass is 32.2. The number of nitrogens with zero attached hydrogens (tertiary/aromatic N) is 2. The molecule has 0 aliphatic heterocycles. The number of rotatable bonds is 6. The summed E-state index contributed by atoms with van der Waals surface area (Å²) in [5.74, 6) is -2.07. The van der Waals surface area contributed by atoms with Gasteiger partial charge in [0.1, 0.15) is 6.61 Å². The fraction of sp³-hybridized carbons (Fsp3) is 0.633. The van der Waals surface area contributed by atoms with E-state index in [0.29, 0.717) is 25.7 Å². The van der Waals surface area contributed by atoms with Gasteiger partial charge in [0, 0.05) is 6.04 Å². The maximum Gasteiger partial charge on any atom is 0.375 e. The van der Waals surface area contributed by atoms with E-state index >= 15 is 0 Å². The molecule has 4 rings (SSSR count). The van der Waals surface area contributed by atoms with Crippen LogP contribution < -0.4 is 5.56 Å². The second-order valence-corrected chi connectivity index (χ2v) is 13.2. The van der Waals surface area contributed by atoms with Crippen LogP contribution in [0.1, 0.15) is 125 Å². The van der Waals surface area contributed by atoms with Crippen LogP contribution in [0.5, 0.6) is 5.88 Å². The Balaban J connectivity index is 1.75. The SMILES string of the molecule is O=C(OCc1ccccc1)c1nc(O)c(S(=O)(=O)C2CCCCCCCC2)c(=O)n1C1CCCCCCCC1. The van der Waals surface area contributed by atoms with Crippen molar-refractivity contribution in [2.45, 2.75) is 126 Å². The first kappa shape index (κ1) is 29.3. The standard InChI is InChI=1S/C30H42N2O6S/c33-28-26(39(36,37)25-20-14-7-3-4-8-15-21-25)29(34)32(24-18-12-5-1-2-6-13-19-24)27(31-28)30(35)38-22-23-16-10-9-11-17-23/h9-11,16-17,24-25,33H,1-8,12-15,18-22H2. The van der Waals surface area contributed by atoms with Crippen LogP contribution in [0.3, 0.4) is 0 Å². The highest BCUT2D eigenvalue weighted by Crippen LogP contribution is 2.32. The molecule has 2 fully saturated rings. The number of aromatic nitrogens is 2. The summed E-state index contributed by atoms with van der Waals surface area (Å²) in [6.45, 7) is -0.0247. The first-order valence-corrected chi connectivity index (χ1v) is 16.2. The summed E-state index contributed by atoms with van der Waals surface area (Å²) in [6.07, 6.45) is 13.7. The Labute approximate surface area is 231 Å². The third-order valence-corrected chi connectivity index (χ3v) is 10.4. The van der Waals surface area contributed by atoms with Crippen molar-refractivity contribution in [2.75, 3.05) is 0 Å². The molecule has 2 saturated carbocycles. The van der Waals surface area contributed by atoms with E-state index in [4.69, 9.17) is 4.74 Å². The molecule has 2 aliphatic rings. The van der Waals surface area contributed by atoms with E-state index in [9.17, 15) is 23.1 Å². The van der Waals surface area contributed by atoms with E-state index in [1.165, 1.54) is 4.57 Å². The Morgan fingerprint density at radius 3 is 1.92 bits per heavy atom. The maximum atomic E-state index is 14.1. The van der Waals surface area contributed by atoms with Crippen LogP contribution in [0.15, 0.2) is 40.0 Å². The lowest BCUT2D eigenvalue weighted by atomic mass is 10.0. The van der Waals surface area contributed by atoms with Crippen LogP contribution in [0, 0.1) is 0 Å². The van der Waals surface area contributed by atoms with E-state index < -0.39 is 43.4 Å². The predicted molar refractivity (Wildman–Crippen MR) is 150 cm³/mol. The molecule has 1 aromatic heterocycles. The Morgan fingerprint density at radius 1 is 0.846 bits per heavy atom. The number of aromatic hydroxyl groups is 1. The van der Waals surface area contributed by atoms with Crippen LogP contribution in [0.4, 0.5) is 0 Å². The first-order valence-electron chi connectivity index (χ1n) is 14.7. The van der Waals surface area contributed by atoms with Crippen molar-refractivity contribution < 1.29 is 23.1 Å². The number of carbonyl (C=O) groups is 1. The van der Waals surface area contributed by atoms with Crippen molar-refractivity contribution in [3.63, 3.8) is 0 Å². The van der Waals surface area contributed by atoms with Gasteiger partial charge in [-0.25, -0.2) is 13.2 Å². The van der Waals surface area contributed by atoms with Crippen molar-refractivity contribution >= 4 is 15.8 Å². The van der Waals surface area contributed by atoms with Gasteiger partial charge in [-0.2, -0.15) is 4.98 Å². The normalized spacial score (nSPS) is 19.1. The summed E-state index contributed by atoms with van der Waals surface area (Å²) in [5.41, 5.74) is -0.0795. The van der Waals surface area contributed by atoms with Crippen LogP contribution in [0.2, 0.25) is 0 Å². The lowest BCUT2D eigenvalue weighted by Crippen LogP contribution is -2.37. The third-order valence-electron chi connectivity index (χ3n) is 8.17. The third kappa shape index (κ3) is 7.50. The molecule has 9 heteroatoms. The Hall–Kier alpha value is -2.68. The molecule has 8 nitrogen and oxygen atoms in total. The molecular formula is C30H42N2O6S. The van der Waals surface area contributed by atoms with Crippen molar-refractivity contribution in [1.29, 1.82) is 0 Å². The highest BCUT2D eigenvalue weighted by molar-refractivity contribution is 7.92. The molecule has 0 unspecified atom stereocenters. The molecule has 0 radical (unpaired) electrons. The van der Waals surface area contributed by atoms with E-state index in [1.807, 2.05) is 30.3 Å². The van der Waals surface area contributed by atoms with Gasteiger partial charge in [-0.3, -0.25) is 9.36 Å². The molecular weight excluding hydrogens is 516 g/mol. The minimum Gasteiger partial charge on any atom is -0.492 e. The zero-order valence-corrected chi connectivity index (χ0v) is 23.7. The smallest absolute Gasteiger partial charge is 0.375 e. The van der Waals surface area contributed by atoms with Crippen molar-refractivity contribution in [1.82, 2.24) is 9.55 Å². The minimum absolute atomic E-state index is 0.0247. The topological polar surface area (TPSA) is 116 Å². The van der Waals surface area contributed by atoms with E-state index in [1.54, 1.807) is 0 Å². The molecule has 0 amide bonds. The largest absolute Gasteiger partial charge is 0.492 e. The fourth-order valence-corrected chi connectivity index (χ4v) is 7.90. The number of sulfone groups is 1. The van der Waals surface area contributed by atoms with Crippen molar-refractivity contribution in [3.05, 3.63) is 52.1 Å². The average molecular weight is 559 g/mol. The lowest BCUT2D eigenvalue weighted by Gasteiger charge is -2.24. The minimum atomic E-state index is -4.16. The fourth-order valence-electron chi connectivity index (χ4n) is 5.97. The summed E-state index contributed by atoms with van der Waals surface area (Å²) in [7, 11) is -4.16. The zero-order valence-electron chi connectivity index (χ0n) is 22.9. The van der Waals surface area contributed by atoms with Gasteiger partial charge in [0.15, 0.2) is 14.7 Å². The summed E-state index contributed by atoms with van der Waals surface area (Å²) in [6, 6.07) is 8.76.